The van der Waals surface area contributed by atoms with Crippen molar-refractivity contribution in [2.24, 2.45) is 5.92 Å². The van der Waals surface area contributed by atoms with Gasteiger partial charge in [0.25, 0.3) is 0 Å². The highest BCUT2D eigenvalue weighted by Crippen LogP contribution is 2.42. The predicted molar refractivity (Wildman–Crippen MR) is 56.1 cm³/mol. The molecule has 0 aliphatic heterocycles. The van der Waals surface area contributed by atoms with Crippen LogP contribution in [-0.4, -0.2) is 61.1 Å². The third kappa shape index (κ3) is 3.35. The fraction of sp³-hybridized carbons (Fsp3) is 0.900. The van der Waals surface area contributed by atoms with Crippen LogP contribution in [0.1, 0.15) is 20.8 Å². The van der Waals surface area contributed by atoms with Crippen LogP contribution in [0, 0.1) is 5.92 Å². The first-order chi connectivity index (χ1) is 8.17. The van der Waals surface area contributed by atoms with Crippen LogP contribution < -0.4 is 0 Å². The number of aliphatic carboxylic acids is 1. The Kier molecular flexibility index (Phi) is 4.99. The summed E-state index contributed by atoms with van der Waals surface area (Å²) in [5.74, 6) is -5.74. The molecule has 0 bridgehead atoms. The van der Waals surface area contributed by atoms with Crippen LogP contribution in [0.15, 0.2) is 0 Å². The number of carboxylic acid groups (broad SMARTS) is 1. The summed E-state index contributed by atoms with van der Waals surface area (Å²) in [4.78, 5) is 10.7. The molecular formula is C10H17F3O6. The smallest absolute Gasteiger partial charge is 0.405 e. The quantitative estimate of drug-likeness (QED) is 0.465. The van der Waals surface area contributed by atoms with Crippen molar-refractivity contribution in [3.8, 4) is 0 Å². The Morgan fingerprint density at radius 2 is 1.42 bits per heavy atom. The first kappa shape index (κ1) is 18.1. The Hall–Kier alpha value is -0.900. The molecule has 5 atom stereocenters. The van der Waals surface area contributed by atoms with E-state index in [9.17, 15) is 33.3 Å². The lowest BCUT2D eigenvalue weighted by Crippen LogP contribution is -2.67. The number of aliphatic hydroxyl groups is 4. The monoisotopic (exact) mass is 290 g/mol. The van der Waals surface area contributed by atoms with Crippen molar-refractivity contribution < 1.29 is 43.5 Å². The third-order valence-electron chi connectivity index (χ3n) is 3.19. The van der Waals surface area contributed by atoms with Gasteiger partial charge >= 0.3 is 12.1 Å². The maximum atomic E-state index is 12.7. The van der Waals surface area contributed by atoms with Gasteiger partial charge in [-0.1, -0.05) is 0 Å². The van der Waals surface area contributed by atoms with Crippen molar-refractivity contribution >= 4 is 5.97 Å². The highest BCUT2D eigenvalue weighted by atomic mass is 19.4. The van der Waals surface area contributed by atoms with E-state index in [1.807, 2.05) is 0 Å². The van der Waals surface area contributed by atoms with E-state index in [1.165, 1.54) is 0 Å². The van der Waals surface area contributed by atoms with E-state index in [0.717, 1.165) is 6.92 Å². The van der Waals surface area contributed by atoms with Gasteiger partial charge in [-0.2, -0.15) is 13.2 Å². The minimum Gasteiger partial charge on any atom is -0.481 e. The van der Waals surface area contributed by atoms with Gasteiger partial charge in [-0.05, 0) is 20.8 Å². The van der Waals surface area contributed by atoms with Crippen LogP contribution in [0.5, 0.6) is 0 Å². The Morgan fingerprint density at radius 1 is 1.05 bits per heavy atom. The maximum Gasteiger partial charge on any atom is 0.405 e. The average Bonchev–Trinajstić information content (AvgIpc) is 2.11. The second-order valence-electron chi connectivity index (χ2n) is 4.79. The molecule has 114 valence electrons. The summed E-state index contributed by atoms with van der Waals surface area (Å²) in [6, 6.07) is 0. The molecule has 19 heavy (non-hydrogen) atoms. The lowest BCUT2D eigenvalue weighted by Gasteiger charge is -2.45. The molecule has 0 rings (SSSR count). The van der Waals surface area contributed by atoms with Crippen molar-refractivity contribution in [1.29, 1.82) is 0 Å². The van der Waals surface area contributed by atoms with E-state index < -0.39 is 41.5 Å². The maximum absolute atomic E-state index is 12.7. The van der Waals surface area contributed by atoms with Crippen LogP contribution in [0.3, 0.4) is 0 Å². The van der Waals surface area contributed by atoms with Gasteiger partial charge in [0.1, 0.15) is 17.3 Å². The number of carbonyl (C=O) groups is 1. The molecule has 0 aromatic heterocycles. The standard InChI is InChI=1S/C10H17F3O6/c1-4(14)6(15)9(3,19)8(2,18)5(7(16)17)10(11,12)13/h4-6,14-15,18-19H,1-3H3,(H,16,17)/t4?,5-,6+,8+,9-/m0/s1. The summed E-state index contributed by atoms with van der Waals surface area (Å²) in [7, 11) is 0. The number of carboxylic acids is 1. The molecule has 6 nitrogen and oxygen atoms in total. The number of rotatable bonds is 5. The van der Waals surface area contributed by atoms with E-state index in [1.54, 1.807) is 0 Å². The molecule has 0 saturated heterocycles. The lowest BCUT2D eigenvalue weighted by atomic mass is 9.71. The third-order valence-corrected chi connectivity index (χ3v) is 3.19. The van der Waals surface area contributed by atoms with Crippen LogP contribution >= 0.6 is 0 Å². The minimum absolute atomic E-state index is 0.435. The molecule has 0 aromatic carbocycles. The van der Waals surface area contributed by atoms with Gasteiger partial charge in [0.15, 0.2) is 5.92 Å². The topological polar surface area (TPSA) is 118 Å². The van der Waals surface area contributed by atoms with E-state index in [-0.39, 0.29) is 0 Å². The van der Waals surface area contributed by atoms with E-state index in [4.69, 9.17) is 10.2 Å². The molecule has 0 radical (unpaired) electrons. The van der Waals surface area contributed by atoms with Crippen molar-refractivity contribution in [1.82, 2.24) is 0 Å². The number of hydrogen-bond donors (Lipinski definition) is 5. The molecule has 0 spiro atoms. The fourth-order valence-electron chi connectivity index (χ4n) is 1.76. The second kappa shape index (κ2) is 5.23. The molecule has 0 heterocycles. The number of aliphatic hydroxyl groups excluding tert-OH is 2. The van der Waals surface area contributed by atoms with Gasteiger partial charge in [-0.25, -0.2) is 0 Å². The zero-order valence-corrected chi connectivity index (χ0v) is 10.5. The molecule has 0 fully saturated rings. The Bertz CT molecular complexity index is 337. The predicted octanol–water partition coefficient (Wildman–Crippen LogP) is -0.507. The van der Waals surface area contributed by atoms with E-state index >= 15 is 0 Å². The van der Waals surface area contributed by atoms with Crippen molar-refractivity contribution in [2.75, 3.05) is 0 Å². The number of halogens is 3. The van der Waals surface area contributed by atoms with Crippen LogP contribution in [0.4, 0.5) is 13.2 Å². The van der Waals surface area contributed by atoms with E-state index in [2.05, 4.69) is 0 Å². The van der Waals surface area contributed by atoms with Gasteiger partial charge in [-0.3, -0.25) is 4.79 Å². The molecule has 0 aliphatic carbocycles. The van der Waals surface area contributed by atoms with Crippen molar-refractivity contribution in [2.45, 2.75) is 50.4 Å². The first-order valence-corrected chi connectivity index (χ1v) is 5.27. The molecule has 0 amide bonds. The number of hydrogen-bond acceptors (Lipinski definition) is 5. The van der Waals surface area contributed by atoms with Gasteiger partial charge in [0, 0.05) is 0 Å². The second-order valence-corrected chi connectivity index (χ2v) is 4.79. The van der Waals surface area contributed by atoms with Crippen molar-refractivity contribution in [3.05, 3.63) is 0 Å². The summed E-state index contributed by atoms with van der Waals surface area (Å²) < 4.78 is 38.0. The molecule has 0 aliphatic rings. The SMILES string of the molecule is CC(O)[C@@H](O)[C@](C)(O)[C@](C)(O)[C@H](C(=O)O)C(F)(F)F. The Balaban J connectivity index is 5.73. The Labute approximate surface area is 107 Å². The number of alkyl halides is 3. The molecule has 0 saturated carbocycles. The Morgan fingerprint density at radius 3 is 1.63 bits per heavy atom. The molecular weight excluding hydrogens is 273 g/mol. The van der Waals surface area contributed by atoms with Crippen LogP contribution in [-0.2, 0) is 4.79 Å². The summed E-state index contributed by atoms with van der Waals surface area (Å²) in [5.41, 5.74) is -6.16. The highest BCUT2D eigenvalue weighted by molar-refractivity contribution is 5.72. The first-order valence-electron chi connectivity index (χ1n) is 5.27. The van der Waals surface area contributed by atoms with E-state index in [0.29, 0.717) is 13.8 Å². The summed E-state index contributed by atoms with van der Waals surface area (Å²) in [5, 5.41) is 46.8. The molecule has 0 aromatic rings. The lowest BCUT2D eigenvalue weighted by molar-refractivity contribution is -0.283. The molecule has 1 unspecified atom stereocenters. The largest absolute Gasteiger partial charge is 0.481 e. The van der Waals surface area contributed by atoms with Gasteiger partial charge in [0.2, 0.25) is 0 Å². The summed E-state index contributed by atoms with van der Waals surface area (Å²) in [6.45, 7) is 2.02. The van der Waals surface area contributed by atoms with Gasteiger partial charge in [0.05, 0.1) is 6.10 Å². The highest BCUT2D eigenvalue weighted by Gasteiger charge is 2.64. The van der Waals surface area contributed by atoms with Crippen LogP contribution in [0.25, 0.3) is 0 Å². The average molecular weight is 290 g/mol. The minimum atomic E-state index is -5.35. The van der Waals surface area contributed by atoms with Gasteiger partial charge < -0.3 is 25.5 Å². The zero-order chi connectivity index (χ0) is 15.8. The summed E-state index contributed by atoms with van der Waals surface area (Å²) >= 11 is 0. The molecule has 9 heteroatoms. The molecule has 5 N–H and O–H groups in total. The van der Waals surface area contributed by atoms with Crippen LogP contribution in [0.2, 0.25) is 0 Å². The summed E-state index contributed by atoms with van der Waals surface area (Å²) in [6.07, 6.45) is -9.20. The van der Waals surface area contributed by atoms with Gasteiger partial charge in [-0.15, -0.1) is 0 Å². The van der Waals surface area contributed by atoms with Crippen molar-refractivity contribution in [3.63, 3.8) is 0 Å². The fourth-order valence-corrected chi connectivity index (χ4v) is 1.76. The zero-order valence-electron chi connectivity index (χ0n) is 10.5. The normalized spacial score (nSPS) is 23.9.